The van der Waals surface area contributed by atoms with Gasteiger partial charge in [0.15, 0.2) is 12.4 Å². The molecule has 0 atom stereocenters. The molecule has 0 unspecified atom stereocenters. The zero-order valence-corrected chi connectivity index (χ0v) is 11.7. The molecule has 5 heteroatoms. The molecule has 0 saturated heterocycles. The Morgan fingerprint density at radius 2 is 2.00 bits per heavy atom. The summed E-state index contributed by atoms with van der Waals surface area (Å²) in [6, 6.07) is 4.92. The fraction of sp³-hybridized carbons (Fsp3) is 0.429. The van der Waals surface area contributed by atoms with Crippen LogP contribution in [0.1, 0.15) is 24.2 Å². The maximum atomic E-state index is 11.7. The molecule has 0 aliphatic rings. The van der Waals surface area contributed by atoms with Crippen molar-refractivity contribution >= 4 is 11.7 Å². The van der Waals surface area contributed by atoms with Crippen LogP contribution in [0.5, 0.6) is 11.5 Å². The van der Waals surface area contributed by atoms with Gasteiger partial charge in [0.2, 0.25) is 0 Å². The zero-order chi connectivity index (χ0) is 14.4. The second kappa shape index (κ2) is 6.78. The van der Waals surface area contributed by atoms with Crippen molar-refractivity contribution in [2.24, 2.45) is 0 Å². The molecular weight excluding hydrogens is 246 g/mol. The molecule has 0 aromatic heterocycles. The number of nitrogens with zero attached hydrogens (tertiary/aromatic N) is 1. The minimum atomic E-state index is -0.139. The summed E-state index contributed by atoms with van der Waals surface area (Å²) in [5.74, 6) is 0.690. The van der Waals surface area contributed by atoms with Gasteiger partial charge in [-0.25, -0.2) is 0 Å². The summed E-state index contributed by atoms with van der Waals surface area (Å²) in [7, 11) is 3.23. The Hall–Kier alpha value is -2.04. The maximum Gasteiger partial charge on any atom is 0.260 e. The lowest BCUT2D eigenvalue weighted by atomic mass is 10.1. The molecule has 1 amide bonds. The van der Waals surface area contributed by atoms with Crippen molar-refractivity contribution in [2.75, 3.05) is 27.3 Å². The van der Waals surface area contributed by atoms with Crippen LogP contribution < -0.4 is 9.47 Å². The van der Waals surface area contributed by atoms with E-state index in [1.165, 1.54) is 14.0 Å². The number of ketones is 1. The third kappa shape index (κ3) is 3.98. The smallest absolute Gasteiger partial charge is 0.260 e. The number of methoxy groups -OCH3 is 1. The second-order valence-electron chi connectivity index (χ2n) is 4.11. The fourth-order valence-corrected chi connectivity index (χ4v) is 1.47. The Kier molecular flexibility index (Phi) is 5.36. The van der Waals surface area contributed by atoms with Gasteiger partial charge in [-0.2, -0.15) is 0 Å². The monoisotopic (exact) mass is 265 g/mol. The maximum absolute atomic E-state index is 11.7. The number of benzene rings is 1. The van der Waals surface area contributed by atoms with Gasteiger partial charge in [0, 0.05) is 19.7 Å². The van der Waals surface area contributed by atoms with Crippen LogP contribution in [0.4, 0.5) is 0 Å². The summed E-state index contributed by atoms with van der Waals surface area (Å²) >= 11 is 0. The van der Waals surface area contributed by atoms with Gasteiger partial charge in [-0.1, -0.05) is 0 Å². The minimum Gasteiger partial charge on any atom is -0.497 e. The normalized spacial score (nSPS) is 9.89. The van der Waals surface area contributed by atoms with Gasteiger partial charge in [0.05, 0.1) is 12.7 Å². The predicted molar refractivity (Wildman–Crippen MR) is 71.8 cm³/mol. The number of ether oxygens (including phenoxy) is 2. The first kappa shape index (κ1) is 15.0. The molecule has 0 fully saturated rings. The Bertz CT molecular complexity index is 471. The van der Waals surface area contributed by atoms with Crippen molar-refractivity contribution in [1.82, 2.24) is 4.90 Å². The Balaban J connectivity index is 2.86. The van der Waals surface area contributed by atoms with Crippen LogP contribution in [0.2, 0.25) is 0 Å². The predicted octanol–water partition coefficient (Wildman–Crippen LogP) is 1.75. The quantitative estimate of drug-likeness (QED) is 0.735. The van der Waals surface area contributed by atoms with Crippen LogP contribution >= 0.6 is 0 Å². The third-order valence-corrected chi connectivity index (χ3v) is 2.82. The molecule has 0 radical (unpaired) electrons. The van der Waals surface area contributed by atoms with Crippen molar-refractivity contribution in [1.29, 1.82) is 0 Å². The van der Waals surface area contributed by atoms with E-state index in [1.54, 1.807) is 30.1 Å². The van der Waals surface area contributed by atoms with Crippen molar-refractivity contribution in [2.45, 2.75) is 13.8 Å². The van der Waals surface area contributed by atoms with Crippen molar-refractivity contribution in [3.63, 3.8) is 0 Å². The van der Waals surface area contributed by atoms with Gasteiger partial charge in [-0.05, 0) is 26.0 Å². The van der Waals surface area contributed by atoms with E-state index in [0.29, 0.717) is 23.6 Å². The number of Topliss-reactive ketones (excluding diaryl/α,β-unsaturated/α-hetero) is 1. The molecule has 0 heterocycles. The fourth-order valence-electron chi connectivity index (χ4n) is 1.47. The summed E-state index contributed by atoms with van der Waals surface area (Å²) in [5.41, 5.74) is 0.438. The average Bonchev–Trinajstić information content (AvgIpc) is 2.43. The van der Waals surface area contributed by atoms with Crippen molar-refractivity contribution in [3.8, 4) is 11.5 Å². The third-order valence-electron chi connectivity index (χ3n) is 2.82. The van der Waals surface area contributed by atoms with Crippen LogP contribution in [0.15, 0.2) is 18.2 Å². The molecule has 5 nitrogen and oxygen atoms in total. The number of hydrogen-bond acceptors (Lipinski definition) is 4. The highest BCUT2D eigenvalue weighted by molar-refractivity contribution is 5.97. The molecule has 19 heavy (non-hydrogen) atoms. The molecule has 0 spiro atoms. The second-order valence-corrected chi connectivity index (χ2v) is 4.11. The lowest BCUT2D eigenvalue weighted by Gasteiger charge is -2.16. The van der Waals surface area contributed by atoms with E-state index in [1.807, 2.05) is 6.92 Å². The average molecular weight is 265 g/mol. The van der Waals surface area contributed by atoms with Crippen LogP contribution in [0.3, 0.4) is 0 Å². The van der Waals surface area contributed by atoms with Gasteiger partial charge in [0.25, 0.3) is 5.91 Å². The lowest BCUT2D eigenvalue weighted by molar-refractivity contribution is -0.131. The SMILES string of the molecule is CCN(C)C(=O)COc1cc(OC)ccc1C(C)=O. The number of carbonyl (C=O) groups is 2. The number of likely N-dealkylation sites (N-methyl/N-ethyl adjacent to an activating group) is 1. The van der Waals surface area contributed by atoms with Crippen LogP contribution in [0.25, 0.3) is 0 Å². The largest absolute Gasteiger partial charge is 0.497 e. The van der Waals surface area contributed by atoms with E-state index in [-0.39, 0.29) is 18.3 Å². The van der Waals surface area contributed by atoms with Gasteiger partial charge >= 0.3 is 0 Å². The first-order valence-corrected chi connectivity index (χ1v) is 6.05. The van der Waals surface area contributed by atoms with Gasteiger partial charge in [-0.15, -0.1) is 0 Å². The number of rotatable bonds is 6. The molecule has 1 aromatic rings. The first-order valence-electron chi connectivity index (χ1n) is 6.05. The number of hydrogen-bond donors (Lipinski definition) is 0. The van der Waals surface area contributed by atoms with Gasteiger partial charge in [-0.3, -0.25) is 9.59 Å². The van der Waals surface area contributed by atoms with Crippen LogP contribution in [0, 0.1) is 0 Å². The summed E-state index contributed by atoms with van der Waals surface area (Å²) < 4.78 is 10.5. The highest BCUT2D eigenvalue weighted by atomic mass is 16.5. The molecule has 1 rings (SSSR count). The van der Waals surface area contributed by atoms with E-state index in [4.69, 9.17) is 9.47 Å². The Morgan fingerprint density at radius 1 is 1.32 bits per heavy atom. The van der Waals surface area contributed by atoms with E-state index in [2.05, 4.69) is 0 Å². The number of carbonyl (C=O) groups excluding carboxylic acids is 2. The van der Waals surface area contributed by atoms with Crippen LogP contribution in [-0.4, -0.2) is 43.9 Å². The summed E-state index contributed by atoms with van der Waals surface area (Å²) in [6.07, 6.45) is 0. The summed E-state index contributed by atoms with van der Waals surface area (Å²) in [6.45, 7) is 3.84. The molecule has 0 aliphatic carbocycles. The highest BCUT2D eigenvalue weighted by Gasteiger charge is 2.13. The zero-order valence-electron chi connectivity index (χ0n) is 11.7. The molecule has 0 N–H and O–H groups in total. The molecular formula is C14H19NO4. The standard InChI is InChI=1S/C14H19NO4/c1-5-15(3)14(17)9-19-13-8-11(18-4)6-7-12(13)10(2)16/h6-8H,5,9H2,1-4H3. The minimum absolute atomic E-state index is 0.0994. The Labute approximate surface area is 113 Å². The van der Waals surface area contributed by atoms with Gasteiger partial charge < -0.3 is 14.4 Å². The summed E-state index contributed by atoms with van der Waals surface area (Å²) in [5, 5.41) is 0. The van der Waals surface area contributed by atoms with E-state index >= 15 is 0 Å². The van der Waals surface area contributed by atoms with E-state index in [0.717, 1.165) is 0 Å². The molecule has 0 saturated carbocycles. The van der Waals surface area contributed by atoms with Crippen LogP contribution in [-0.2, 0) is 4.79 Å². The van der Waals surface area contributed by atoms with Crippen molar-refractivity contribution in [3.05, 3.63) is 23.8 Å². The molecule has 1 aromatic carbocycles. The summed E-state index contributed by atoms with van der Waals surface area (Å²) in [4.78, 5) is 24.7. The molecule has 104 valence electrons. The van der Waals surface area contributed by atoms with E-state index in [9.17, 15) is 9.59 Å². The highest BCUT2D eigenvalue weighted by Crippen LogP contribution is 2.25. The van der Waals surface area contributed by atoms with Gasteiger partial charge in [0.1, 0.15) is 11.5 Å². The first-order chi connectivity index (χ1) is 8.99. The Morgan fingerprint density at radius 3 is 2.53 bits per heavy atom. The topological polar surface area (TPSA) is 55.8 Å². The molecule has 0 aliphatic heterocycles. The molecule has 0 bridgehead atoms. The lowest BCUT2D eigenvalue weighted by Crippen LogP contribution is -2.31. The van der Waals surface area contributed by atoms with E-state index < -0.39 is 0 Å². The van der Waals surface area contributed by atoms with Crippen molar-refractivity contribution < 1.29 is 19.1 Å². The number of amides is 1.